The minimum absolute atomic E-state index is 0.268. The quantitative estimate of drug-likeness (QED) is 0.577. The highest BCUT2D eigenvalue weighted by Crippen LogP contribution is 2.23. The van der Waals surface area contributed by atoms with Gasteiger partial charge >= 0.3 is 0 Å². The molecule has 0 fully saturated rings. The summed E-state index contributed by atoms with van der Waals surface area (Å²) in [6.45, 7) is 0. The number of methoxy groups -OCH3 is 1. The summed E-state index contributed by atoms with van der Waals surface area (Å²) >= 11 is 0. The molecule has 0 N–H and O–H groups in total. The Hall–Kier alpha value is -3.41. The van der Waals surface area contributed by atoms with Crippen LogP contribution in [0.3, 0.4) is 0 Å². The van der Waals surface area contributed by atoms with Crippen LogP contribution in [-0.4, -0.2) is 21.1 Å². The second-order valence-corrected chi connectivity index (χ2v) is 5.54. The molecule has 0 unspecified atom stereocenters. The van der Waals surface area contributed by atoms with Crippen molar-refractivity contribution in [3.8, 4) is 22.7 Å². The Balaban J connectivity index is 1.87. The van der Waals surface area contributed by atoms with Gasteiger partial charge in [-0.05, 0) is 30.3 Å². The summed E-state index contributed by atoms with van der Waals surface area (Å²) in [4.78, 5) is 17.2. The molecule has 2 aromatic carbocycles. The van der Waals surface area contributed by atoms with Crippen molar-refractivity contribution in [1.29, 1.82) is 0 Å². The number of aromatic nitrogens is 3. The van der Waals surface area contributed by atoms with Crippen molar-refractivity contribution >= 4 is 5.65 Å². The maximum Gasteiger partial charge on any atom is 0.298 e. The molecule has 0 aliphatic rings. The third-order valence-corrected chi connectivity index (χ3v) is 3.97. The molecule has 2 heterocycles. The minimum Gasteiger partial charge on any atom is -0.497 e. The van der Waals surface area contributed by atoms with Gasteiger partial charge in [-0.25, -0.2) is 9.37 Å². The highest BCUT2D eigenvalue weighted by molar-refractivity contribution is 5.64. The van der Waals surface area contributed by atoms with Gasteiger partial charge in [0.05, 0.1) is 18.5 Å². The van der Waals surface area contributed by atoms with Gasteiger partial charge < -0.3 is 9.14 Å². The van der Waals surface area contributed by atoms with Crippen molar-refractivity contribution in [2.24, 2.45) is 0 Å². The summed E-state index contributed by atoms with van der Waals surface area (Å²) in [5, 5.41) is 0. The fraction of sp³-hybridized carbons (Fsp3) is 0.0526. The van der Waals surface area contributed by atoms with E-state index in [-0.39, 0.29) is 11.2 Å². The lowest BCUT2D eigenvalue weighted by Crippen LogP contribution is -2.20. The Labute approximate surface area is 142 Å². The van der Waals surface area contributed by atoms with E-state index in [9.17, 15) is 9.18 Å². The highest BCUT2D eigenvalue weighted by atomic mass is 19.1. The van der Waals surface area contributed by atoms with Crippen molar-refractivity contribution in [3.05, 3.63) is 83.3 Å². The molecule has 0 bridgehead atoms. The van der Waals surface area contributed by atoms with E-state index in [1.807, 2.05) is 24.3 Å². The number of fused-ring (bicyclic) bond motifs is 1. The van der Waals surface area contributed by atoms with Crippen LogP contribution in [0, 0.1) is 5.82 Å². The van der Waals surface area contributed by atoms with Gasteiger partial charge in [-0.3, -0.25) is 9.36 Å². The fourth-order valence-electron chi connectivity index (χ4n) is 2.73. The molecule has 6 heteroatoms. The van der Waals surface area contributed by atoms with E-state index in [0.29, 0.717) is 17.1 Å². The molecule has 0 aliphatic heterocycles. The molecule has 0 amide bonds. The molecule has 4 aromatic rings. The Morgan fingerprint density at radius 1 is 1.08 bits per heavy atom. The van der Waals surface area contributed by atoms with Gasteiger partial charge in [-0.2, -0.15) is 0 Å². The molecule has 0 saturated carbocycles. The topological polar surface area (TPSA) is 48.5 Å². The van der Waals surface area contributed by atoms with Crippen LogP contribution in [-0.2, 0) is 0 Å². The number of hydrogen-bond donors (Lipinski definition) is 0. The molecule has 0 atom stereocenters. The third kappa shape index (κ3) is 2.67. The van der Waals surface area contributed by atoms with Crippen LogP contribution in [0.25, 0.3) is 22.6 Å². The first-order chi connectivity index (χ1) is 12.2. The average Bonchev–Trinajstić information content (AvgIpc) is 3.07. The Morgan fingerprint density at radius 2 is 1.92 bits per heavy atom. The zero-order chi connectivity index (χ0) is 17.4. The number of benzene rings is 2. The number of nitrogens with zero attached hydrogens (tertiary/aromatic N) is 3. The van der Waals surface area contributed by atoms with Gasteiger partial charge in [0.1, 0.15) is 11.6 Å². The van der Waals surface area contributed by atoms with Crippen LogP contribution in [0.2, 0.25) is 0 Å². The predicted molar refractivity (Wildman–Crippen MR) is 92.7 cm³/mol. The van der Waals surface area contributed by atoms with Gasteiger partial charge in [0.2, 0.25) is 5.65 Å². The third-order valence-electron chi connectivity index (χ3n) is 3.97. The average molecular weight is 335 g/mol. The van der Waals surface area contributed by atoms with Crippen LogP contribution in [0.5, 0.6) is 5.75 Å². The second-order valence-electron chi connectivity index (χ2n) is 5.54. The number of ether oxygens (including phenoxy) is 1. The molecular formula is C19H14FN3O2. The zero-order valence-electron chi connectivity index (χ0n) is 13.4. The predicted octanol–water partition coefficient (Wildman–Crippen LogP) is 3.30. The maximum atomic E-state index is 13.4. The van der Waals surface area contributed by atoms with Crippen molar-refractivity contribution in [3.63, 3.8) is 0 Å². The highest BCUT2D eigenvalue weighted by Gasteiger charge is 2.11. The van der Waals surface area contributed by atoms with Crippen LogP contribution in [0.15, 0.2) is 71.9 Å². The van der Waals surface area contributed by atoms with Gasteiger partial charge in [0.25, 0.3) is 5.56 Å². The molecule has 0 saturated heterocycles. The molecule has 4 rings (SSSR count). The molecular weight excluding hydrogens is 321 g/mol. The van der Waals surface area contributed by atoms with E-state index in [4.69, 9.17) is 4.74 Å². The molecule has 0 aliphatic carbocycles. The Kier molecular flexibility index (Phi) is 3.57. The van der Waals surface area contributed by atoms with Crippen LogP contribution >= 0.6 is 0 Å². The fourth-order valence-corrected chi connectivity index (χ4v) is 2.73. The van der Waals surface area contributed by atoms with E-state index >= 15 is 0 Å². The molecule has 124 valence electrons. The summed E-state index contributed by atoms with van der Waals surface area (Å²) in [6.07, 6.45) is 5.10. The molecule has 0 radical (unpaired) electrons. The van der Waals surface area contributed by atoms with Crippen LogP contribution < -0.4 is 10.3 Å². The number of hydrogen-bond acceptors (Lipinski definition) is 3. The van der Waals surface area contributed by atoms with Gasteiger partial charge in [-0.1, -0.05) is 18.2 Å². The number of rotatable bonds is 3. The lowest BCUT2D eigenvalue weighted by Gasteiger charge is -2.05. The monoisotopic (exact) mass is 335 g/mol. The van der Waals surface area contributed by atoms with E-state index in [2.05, 4.69) is 4.98 Å². The summed E-state index contributed by atoms with van der Waals surface area (Å²) in [5.41, 5.74) is 1.91. The zero-order valence-corrected chi connectivity index (χ0v) is 13.4. The van der Waals surface area contributed by atoms with Gasteiger partial charge in [0, 0.05) is 24.2 Å². The van der Waals surface area contributed by atoms with E-state index in [1.165, 1.54) is 16.7 Å². The normalized spacial score (nSPS) is 11.0. The first-order valence-corrected chi connectivity index (χ1v) is 7.66. The maximum absolute atomic E-state index is 13.4. The van der Waals surface area contributed by atoms with Crippen molar-refractivity contribution in [2.75, 3.05) is 7.11 Å². The Bertz CT molecular complexity index is 1130. The summed E-state index contributed by atoms with van der Waals surface area (Å²) in [5.74, 6) is 0.316. The van der Waals surface area contributed by atoms with E-state index in [0.717, 1.165) is 5.56 Å². The summed E-state index contributed by atoms with van der Waals surface area (Å²) < 4.78 is 21.7. The number of imidazole rings is 1. The molecule has 0 spiro atoms. The van der Waals surface area contributed by atoms with Gasteiger partial charge in [-0.15, -0.1) is 0 Å². The van der Waals surface area contributed by atoms with Crippen LogP contribution in [0.1, 0.15) is 0 Å². The summed E-state index contributed by atoms with van der Waals surface area (Å²) in [6, 6.07) is 13.3. The van der Waals surface area contributed by atoms with Crippen molar-refractivity contribution in [2.45, 2.75) is 0 Å². The summed E-state index contributed by atoms with van der Waals surface area (Å²) in [7, 11) is 1.60. The lowest BCUT2D eigenvalue weighted by atomic mass is 10.1. The SMILES string of the molecule is COc1cccc(-c2cn3ccn(-c4cccc(F)c4)c(=O)c3n2)c1. The van der Waals surface area contributed by atoms with Crippen molar-refractivity contribution in [1.82, 2.24) is 14.0 Å². The first kappa shape index (κ1) is 15.1. The molecule has 25 heavy (non-hydrogen) atoms. The number of halogens is 1. The smallest absolute Gasteiger partial charge is 0.298 e. The first-order valence-electron chi connectivity index (χ1n) is 7.66. The largest absolute Gasteiger partial charge is 0.497 e. The molecule has 5 nitrogen and oxygen atoms in total. The minimum atomic E-state index is -0.398. The van der Waals surface area contributed by atoms with Crippen molar-refractivity contribution < 1.29 is 9.13 Å². The van der Waals surface area contributed by atoms with Crippen LogP contribution in [0.4, 0.5) is 4.39 Å². The lowest BCUT2D eigenvalue weighted by molar-refractivity contribution is 0.415. The van der Waals surface area contributed by atoms with E-state index < -0.39 is 5.82 Å². The standard InChI is InChI=1S/C19H14FN3O2/c1-25-16-7-2-4-13(10-16)17-12-22-8-9-23(19(24)18(22)21-17)15-6-3-5-14(20)11-15/h2-12H,1H3. The van der Waals surface area contributed by atoms with E-state index in [1.54, 1.807) is 42.2 Å². The molecule has 2 aromatic heterocycles. The Morgan fingerprint density at radius 3 is 2.72 bits per heavy atom. The van der Waals surface area contributed by atoms with Gasteiger partial charge in [0.15, 0.2) is 0 Å². The second kappa shape index (κ2) is 5.90.